The van der Waals surface area contributed by atoms with Gasteiger partial charge in [0.2, 0.25) is 0 Å². The van der Waals surface area contributed by atoms with Crippen LogP contribution in [0, 0.1) is 0 Å². The van der Waals surface area contributed by atoms with E-state index in [0.717, 1.165) is 4.47 Å². The van der Waals surface area contributed by atoms with Crippen molar-refractivity contribution in [2.75, 3.05) is 12.3 Å². The minimum Gasteiger partial charge on any atom is -0.462 e. The lowest BCUT2D eigenvalue weighted by atomic mass is 10.1. The number of rotatable bonds is 4. The Morgan fingerprint density at radius 2 is 2.12 bits per heavy atom. The average Bonchev–Trinajstić information content (AvgIpc) is 2.13. The Morgan fingerprint density at radius 3 is 2.65 bits per heavy atom. The molecule has 0 aromatic heterocycles. The molecule has 0 bridgehead atoms. The van der Waals surface area contributed by atoms with Crippen molar-refractivity contribution in [1.29, 1.82) is 0 Å². The molecule has 0 saturated heterocycles. The molecule has 0 saturated carbocycles. The SMILES string of the molecule is CC(C)(O)CCOC(=O)c1cc(N)cc(Br)c1. The number of esters is 1. The van der Waals surface area contributed by atoms with Crippen LogP contribution in [0.25, 0.3) is 0 Å². The average molecular weight is 302 g/mol. The van der Waals surface area contributed by atoms with Crippen LogP contribution in [-0.4, -0.2) is 23.3 Å². The van der Waals surface area contributed by atoms with Gasteiger partial charge in [-0.3, -0.25) is 0 Å². The van der Waals surface area contributed by atoms with Gasteiger partial charge in [-0.15, -0.1) is 0 Å². The van der Waals surface area contributed by atoms with E-state index in [-0.39, 0.29) is 6.61 Å². The number of halogens is 1. The minimum atomic E-state index is -0.837. The Labute approximate surface area is 109 Å². The van der Waals surface area contributed by atoms with Crippen LogP contribution < -0.4 is 5.73 Å². The molecule has 5 heteroatoms. The maximum Gasteiger partial charge on any atom is 0.338 e. The summed E-state index contributed by atoms with van der Waals surface area (Å²) in [5, 5.41) is 9.47. The summed E-state index contributed by atoms with van der Waals surface area (Å²) < 4.78 is 5.77. The molecule has 4 nitrogen and oxygen atoms in total. The van der Waals surface area contributed by atoms with Crippen LogP contribution >= 0.6 is 15.9 Å². The number of nitrogens with two attached hydrogens (primary N) is 1. The van der Waals surface area contributed by atoms with Gasteiger partial charge in [-0.2, -0.15) is 0 Å². The summed E-state index contributed by atoms with van der Waals surface area (Å²) in [5.74, 6) is -0.442. The van der Waals surface area contributed by atoms with Gasteiger partial charge in [0, 0.05) is 16.6 Å². The summed E-state index contributed by atoms with van der Waals surface area (Å²) in [6, 6.07) is 4.90. The Morgan fingerprint density at radius 1 is 1.47 bits per heavy atom. The van der Waals surface area contributed by atoms with Crippen molar-refractivity contribution in [1.82, 2.24) is 0 Å². The number of nitrogen functional groups attached to an aromatic ring is 1. The van der Waals surface area contributed by atoms with Gasteiger partial charge in [-0.1, -0.05) is 15.9 Å². The highest BCUT2D eigenvalue weighted by Crippen LogP contribution is 2.18. The molecule has 0 aliphatic rings. The second kappa shape index (κ2) is 5.51. The first-order valence-corrected chi connectivity index (χ1v) is 6.03. The second-order valence-corrected chi connectivity index (χ2v) is 5.39. The maximum atomic E-state index is 11.7. The monoisotopic (exact) mass is 301 g/mol. The first-order chi connectivity index (χ1) is 7.78. The van der Waals surface area contributed by atoms with E-state index >= 15 is 0 Å². The fourth-order valence-corrected chi connectivity index (χ4v) is 1.72. The molecule has 0 aliphatic carbocycles. The highest BCUT2D eigenvalue weighted by Gasteiger charge is 2.14. The molecule has 0 radical (unpaired) electrons. The van der Waals surface area contributed by atoms with E-state index in [1.54, 1.807) is 32.0 Å². The number of hydrogen-bond acceptors (Lipinski definition) is 4. The van der Waals surface area contributed by atoms with Crippen molar-refractivity contribution in [2.45, 2.75) is 25.9 Å². The first-order valence-electron chi connectivity index (χ1n) is 5.23. The fraction of sp³-hybridized carbons (Fsp3) is 0.417. The van der Waals surface area contributed by atoms with E-state index in [0.29, 0.717) is 17.7 Å². The lowest BCUT2D eigenvalue weighted by molar-refractivity contribution is 0.0244. The zero-order valence-corrected chi connectivity index (χ0v) is 11.5. The zero-order valence-electron chi connectivity index (χ0n) is 9.87. The van der Waals surface area contributed by atoms with Gasteiger partial charge in [-0.05, 0) is 32.0 Å². The molecule has 1 aromatic rings. The van der Waals surface area contributed by atoms with Crippen LogP contribution in [0.1, 0.15) is 30.6 Å². The van der Waals surface area contributed by atoms with Crippen LogP contribution in [0.15, 0.2) is 22.7 Å². The molecule has 94 valence electrons. The number of carbonyl (C=O) groups is 1. The van der Waals surface area contributed by atoms with E-state index in [1.165, 1.54) is 0 Å². The van der Waals surface area contributed by atoms with E-state index in [1.807, 2.05) is 0 Å². The van der Waals surface area contributed by atoms with Crippen molar-refractivity contribution in [3.8, 4) is 0 Å². The third kappa shape index (κ3) is 5.19. The second-order valence-electron chi connectivity index (χ2n) is 4.47. The number of carbonyl (C=O) groups excluding carboxylic acids is 1. The van der Waals surface area contributed by atoms with E-state index in [4.69, 9.17) is 10.5 Å². The molecule has 0 amide bonds. The van der Waals surface area contributed by atoms with Gasteiger partial charge in [0.25, 0.3) is 0 Å². The molecular formula is C12H16BrNO3. The number of aliphatic hydroxyl groups is 1. The smallest absolute Gasteiger partial charge is 0.338 e. The third-order valence-electron chi connectivity index (χ3n) is 2.10. The normalized spacial score (nSPS) is 11.3. The van der Waals surface area contributed by atoms with Gasteiger partial charge in [0.1, 0.15) is 0 Å². The fourth-order valence-electron chi connectivity index (χ4n) is 1.21. The maximum absolute atomic E-state index is 11.7. The predicted molar refractivity (Wildman–Crippen MR) is 69.8 cm³/mol. The van der Waals surface area contributed by atoms with E-state index in [9.17, 15) is 9.90 Å². The van der Waals surface area contributed by atoms with Crippen molar-refractivity contribution in [3.05, 3.63) is 28.2 Å². The molecule has 0 spiro atoms. The van der Waals surface area contributed by atoms with Crippen LogP contribution in [-0.2, 0) is 4.74 Å². The third-order valence-corrected chi connectivity index (χ3v) is 2.56. The number of benzene rings is 1. The van der Waals surface area contributed by atoms with E-state index in [2.05, 4.69) is 15.9 Å². The van der Waals surface area contributed by atoms with Crippen molar-refractivity contribution < 1.29 is 14.6 Å². The van der Waals surface area contributed by atoms with Crippen molar-refractivity contribution in [2.24, 2.45) is 0 Å². The minimum absolute atomic E-state index is 0.175. The van der Waals surface area contributed by atoms with Crippen LogP contribution in [0.3, 0.4) is 0 Å². The van der Waals surface area contributed by atoms with Gasteiger partial charge in [0.05, 0.1) is 17.8 Å². The summed E-state index contributed by atoms with van der Waals surface area (Å²) in [6.45, 7) is 3.50. The highest BCUT2D eigenvalue weighted by molar-refractivity contribution is 9.10. The predicted octanol–water partition coefficient (Wildman–Crippen LogP) is 2.35. The number of anilines is 1. The highest BCUT2D eigenvalue weighted by atomic mass is 79.9. The molecule has 0 atom stereocenters. The number of ether oxygens (including phenoxy) is 1. The quantitative estimate of drug-likeness (QED) is 0.661. The zero-order chi connectivity index (χ0) is 13.1. The standard InChI is InChI=1S/C12H16BrNO3/c1-12(2,16)3-4-17-11(15)8-5-9(13)7-10(14)6-8/h5-7,16H,3-4,14H2,1-2H3. The topological polar surface area (TPSA) is 72.5 Å². The Balaban J connectivity index is 2.58. The molecule has 0 fully saturated rings. The van der Waals surface area contributed by atoms with Crippen LogP contribution in [0.4, 0.5) is 5.69 Å². The Bertz CT molecular complexity index is 392. The summed E-state index contributed by atoms with van der Waals surface area (Å²) >= 11 is 3.25. The Kier molecular flexibility index (Phi) is 4.54. The Hall–Kier alpha value is -1.07. The van der Waals surface area contributed by atoms with Crippen molar-refractivity contribution in [3.63, 3.8) is 0 Å². The van der Waals surface area contributed by atoms with Gasteiger partial charge in [0.15, 0.2) is 0 Å². The molecule has 0 aliphatic heterocycles. The lowest BCUT2D eigenvalue weighted by Crippen LogP contribution is -2.22. The van der Waals surface area contributed by atoms with E-state index < -0.39 is 11.6 Å². The molecule has 17 heavy (non-hydrogen) atoms. The molecule has 1 rings (SSSR count). The molecule has 3 N–H and O–H groups in total. The summed E-state index contributed by atoms with van der Waals surface area (Å²) in [7, 11) is 0. The van der Waals surface area contributed by atoms with Gasteiger partial charge >= 0.3 is 5.97 Å². The van der Waals surface area contributed by atoms with Gasteiger partial charge < -0.3 is 15.6 Å². The lowest BCUT2D eigenvalue weighted by Gasteiger charge is -2.16. The summed E-state index contributed by atoms with van der Waals surface area (Å²) in [4.78, 5) is 11.7. The summed E-state index contributed by atoms with van der Waals surface area (Å²) in [6.07, 6.45) is 0.391. The van der Waals surface area contributed by atoms with Gasteiger partial charge in [-0.25, -0.2) is 4.79 Å². The molecular weight excluding hydrogens is 286 g/mol. The van der Waals surface area contributed by atoms with Crippen LogP contribution in [0.2, 0.25) is 0 Å². The van der Waals surface area contributed by atoms with Crippen molar-refractivity contribution >= 4 is 27.6 Å². The summed E-state index contributed by atoms with van der Waals surface area (Å²) in [5.41, 5.74) is 5.67. The number of hydrogen-bond donors (Lipinski definition) is 2. The molecule has 0 heterocycles. The van der Waals surface area contributed by atoms with Crippen LogP contribution in [0.5, 0.6) is 0 Å². The largest absolute Gasteiger partial charge is 0.462 e. The first kappa shape index (κ1) is 14.0. The molecule has 0 unspecified atom stereocenters. The molecule has 1 aromatic carbocycles.